The lowest BCUT2D eigenvalue weighted by molar-refractivity contribution is -0.124. The van der Waals surface area contributed by atoms with Crippen LogP contribution in [0.15, 0.2) is 53.4 Å². The van der Waals surface area contributed by atoms with Crippen LogP contribution in [0.1, 0.15) is 49.2 Å². The van der Waals surface area contributed by atoms with Gasteiger partial charge in [-0.2, -0.15) is 0 Å². The van der Waals surface area contributed by atoms with Gasteiger partial charge in [0.15, 0.2) is 0 Å². The summed E-state index contributed by atoms with van der Waals surface area (Å²) in [5.74, 6) is -0.474. The molecule has 0 saturated carbocycles. The highest BCUT2D eigenvalue weighted by Crippen LogP contribution is 2.32. The normalized spacial score (nSPS) is 15.7. The molecule has 8 nitrogen and oxygen atoms in total. The SMILES string of the molecule is COc1ccc(/C=C2\SC(=O)N(CCNC(=O)[C@H](C)NC(=O)c3ccc(C(C)(C)C)cc3)C2=O)cc1. The fourth-order valence-corrected chi connectivity index (χ4v) is 4.32. The maximum Gasteiger partial charge on any atom is 0.293 e. The van der Waals surface area contributed by atoms with Crippen LogP contribution >= 0.6 is 11.8 Å². The molecule has 0 aliphatic carbocycles. The number of benzene rings is 2. The average molecular weight is 510 g/mol. The van der Waals surface area contributed by atoms with Gasteiger partial charge in [0.05, 0.1) is 12.0 Å². The van der Waals surface area contributed by atoms with Gasteiger partial charge in [-0.25, -0.2) is 0 Å². The number of ether oxygens (including phenoxy) is 1. The third kappa shape index (κ3) is 6.75. The number of thioether (sulfide) groups is 1. The second-order valence-electron chi connectivity index (χ2n) is 9.42. The van der Waals surface area contributed by atoms with Crippen molar-refractivity contribution in [2.45, 2.75) is 39.2 Å². The zero-order valence-corrected chi connectivity index (χ0v) is 21.9. The summed E-state index contributed by atoms with van der Waals surface area (Å²) in [6.07, 6.45) is 1.65. The third-order valence-electron chi connectivity index (χ3n) is 5.68. The number of carbonyl (C=O) groups excluding carboxylic acids is 4. The van der Waals surface area contributed by atoms with Gasteiger partial charge in [0, 0.05) is 18.7 Å². The molecule has 1 atom stereocenters. The van der Waals surface area contributed by atoms with Crippen LogP contribution in [0, 0.1) is 0 Å². The summed E-state index contributed by atoms with van der Waals surface area (Å²) >= 11 is 0.858. The lowest BCUT2D eigenvalue weighted by Gasteiger charge is -2.19. The third-order valence-corrected chi connectivity index (χ3v) is 6.58. The first-order valence-corrected chi connectivity index (χ1v) is 12.4. The molecule has 0 unspecified atom stereocenters. The Morgan fingerprint density at radius 2 is 1.69 bits per heavy atom. The van der Waals surface area contributed by atoms with E-state index in [0.717, 1.165) is 27.8 Å². The minimum absolute atomic E-state index is 0.0228. The van der Waals surface area contributed by atoms with E-state index in [1.807, 2.05) is 12.1 Å². The highest BCUT2D eigenvalue weighted by atomic mass is 32.2. The molecule has 1 heterocycles. The Morgan fingerprint density at radius 1 is 1.06 bits per heavy atom. The Bertz CT molecular complexity index is 1170. The van der Waals surface area contributed by atoms with Gasteiger partial charge < -0.3 is 15.4 Å². The van der Waals surface area contributed by atoms with Gasteiger partial charge in [-0.05, 0) is 65.6 Å². The molecule has 0 aromatic heterocycles. The van der Waals surface area contributed by atoms with E-state index in [9.17, 15) is 19.2 Å². The van der Waals surface area contributed by atoms with Crippen molar-refractivity contribution < 1.29 is 23.9 Å². The van der Waals surface area contributed by atoms with Crippen molar-refractivity contribution in [3.05, 3.63) is 70.1 Å². The molecule has 2 N–H and O–H groups in total. The Morgan fingerprint density at radius 3 is 2.28 bits per heavy atom. The van der Waals surface area contributed by atoms with Crippen LogP contribution < -0.4 is 15.4 Å². The fourth-order valence-electron chi connectivity index (χ4n) is 3.46. The number of nitrogens with one attached hydrogen (secondary N) is 2. The monoisotopic (exact) mass is 509 g/mol. The smallest absolute Gasteiger partial charge is 0.293 e. The molecule has 1 aliphatic rings. The first kappa shape index (κ1) is 27.0. The topological polar surface area (TPSA) is 105 Å². The number of hydrogen-bond acceptors (Lipinski definition) is 6. The zero-order valence-electron chi connectivity index (χ0n) is 21.1. The molecule has 3 rings (SSSR count). The van der Waals surface area contributed by atoms with Crippen molar-refractivity contribution in [1.29, 1.82) is 0 Å². The predicted molar refractivity (Wildman–Crippen MR) is 141 cm³/mol. The van der Waals surface area contributed by atoms with E-state index in [1.165, 1.54) is 0 Å². The largest absolute Gasteiger partial charge is 0.497 e. The molecule has 36 heavy (non-hydrogen) atoms. The van der Waals surface area contributed by atoms with Gasteiger partial charge in [0.2, 0.25) is 5.91 Å². The summed E-state index contributed by atoms with van der Waals surface area (Å²) in [7, 11) is 1.57. The molecule has 2 aromatic carbocycles. The number of hydrogen-bond donors (Lipinski definition) is 2. The summed E-state index contributed by atoms with van der Waals surface area (Å²) in [6, 6.07) is 13.6. The standard InChI is InChI=1S/C27H31N3O5S/c1-17(29-24(32)19-8-10-20(11-9-19)27(2,3)4)23(31)28-14-15-30-25(33)22(36-26(30)34)16-18-6-12-21(35-5)13-7-18/h6-13,16-17H,14-15H2,1-5H3,(H,28,31)(H,29,32)/b22-16-/t17-/m0/s1. The van der Waals surface area contributed by atoms with E-state index in [1.54, 1.807) is 56.5 Å². The van der Waals surface area contributed by atoms with Gasteiger partial charge in [-0.1, -0.05) is 45.0 Å². The van der Waals surface area contributed by atoms with Crippen molar-refractivity contribution in [2.24, 2.45) is 0 Å². The van der Waals surface area contributed by atoms with Crippen molar-refractivity contribution in [1.82, 2.24) is 15.5 Å². The maximum absolute atomic E-state index is 12.7. The van der Waals surface area contributed by atoms with E-state index < -0.39 is 23.1 Å². The number of methoxy groups -OCH3 is 1. The lowest BCUT2D eigenvalue weighted by Crippen LogP contribution is -2.47. The molecule has 1 saturated heterocycles. The van der Waals surface area contributed by atoms with Crippen molar-refractivity contribution >= 4 is 40.8 Å². The van der Waals surface area contributed by atoms with Gasteiger partial charge in [-0.15, -0.1) is 0 Å². The summed E-state index contributed by atoms with van der Waals surface area (Å²) in [5.41, 5.74) is 2.32. The molecular formula is C27H31N3O5S. The van der Waals surface area contributed by atoms with E-state index in [0.29, 0.717) is 16.2 Å². The summed E-state index contributed by atoms with van der Waals surface area (Å²) in [6.45, 7) is 7.96. The lowest BCUT2D eigenvalue weighted by atomic mass is 9.86. The molecule has 1 fully saturated rings. The summed E-state index contributed by atoms with van der Waals surface area (Å²) in [4.78, 5) is 51.4. The highest BCUT2D eigenvalue weighted by molar-refractivity contribution is 8.18. The van der Waals surface area contributed by atoms with Crippen molar-refractivity contribution in [3.63, 3.8) is 0 Å². The van der Waals surface area contributed by atoms with Crippen molar-refractivity contribution in [3.8, 4) is 5.75 Å². The minimum Gasteiger partial charge on any atom is -0.497 e. The van der Waals surface area contributed by atoms with E-state index >= 15 is 0 Å². The molecule has 0 bridgehead atoms. The van der Waals surface area contributed by atoms with Crippen LogP contribution in [0.4, 0.5) is 4.79 Å². The minimum atomic E-state index is -0.787. The first-order valence-electron chi connectivity index (χ1n) is 11.6. The van der Waals surface area contributed by atoms with Crippen LogP contribution in [0.25, 0.3) is 6.08 Å². The molecule has 1 aliphatic heterocycles. The number of nitrogens with zero attached hydrogens (tertiary/aromatic N) is 1. The molecule has 4 amide bonds. The quantitative estimate of drug-likeness (QED) is 0.522. The maximum atomic E-state index is 12.7. The predicted octanol–water partition coefficient (Wildman–Crippen LogP) is 3.96. The Kier molecular flexibility index (Phi) is 8.57. The van der Waals surface area contributed by atoms with Crippen LogP contribution in [-0.2, 0) is 15.0 Å². The number of carbonyl (C=O) groups is 4. The van der Waals surface area contributed by atoms with Gasteiger partial charge >= 0.3 is 0 Å². The molecule has 0 radical (unpaired) electrons. The molecule has 190 valence electrons. The molecule has 2 aromatic rings. The van der Waals surface area contributed by atoms with Gasteiger partial charge in [-0.3, -0.25) is 24.1 Å². The van der Waals surface area contributed by atoms with Crippen LogP contribution in [0.2, 0.25) is 0 Å². The average Bonchev–Trinajstić information content (AvgIpc) is 3.11. The van der Waals surface area contributed by atoms with Gasteiger partial charge in [0.1, 0.15) is 11.8 Å². The Labute approximate surface area is 215 Å². The van der Waals surface area contributed by atoms with Crippen LogP contribution in [0.3, 0.4) is 0 Å². The van der Waals surface area contributed by atoms with Crippen molar-refractivity contribution in [2.75, 3.05) is 20.2 Å². The van der Waals surface area contributed by atoms with Crippen LogP contribution in [0.5, 0.6) is 5.75 Å². The van der Waals surface area contributed by atoms with E-state index in [2.05, 4.69) is 31.4 Å². The Balaban J connectivity index is 1.49. The van der Waals surface area contributed by atoms with E-state index in [4.69, 9.17) is 4.74 Å². The highest BCUT2D eigenvalue weighted by Gasteiger charge is 2.34. The van der Waals surface area contributed by atoms with E-state index in [-0.39, 0.29) is 24.4 Å². The second kappa shape index (κ2) is 11.4. The molecule has 9 heteroatoms. The summed E-state index contributed by atoms with van der Waals surface area (Å²) < 4.78 is 5.12. The summed E-state index contributed by atoms with van der Waals surface area (Å²) in [5, 5.41) is 4.95. The number of rotatable bonds is 8. The molecule has 0 spiro atoms. The molecular weight excluding hydrogens is 478 g/mol. The zero-order chi connectivity index (χ0) is 26.5. The van der Waals surface area contributed by atoms with Gasteiger partial charge in [0.25, 0.3) is 17.1 Å². The fraction of sp³-hybridized carbons (Fsp3) is 0.333. The second-order valence-corrected chi connectivity index (χ2v) is 10.4. The first-order chi connectivity index (χ1) is 17.0. The number of amides is 4. The number of imide groups is 1. The Hall–Kier alpha value is -3.59. The van der Waals surface area contributed by atoms with Crippen LogP contribution in [-0.4, -0.2) is 54.1 Å².